The van der Waals surface area contributed by atoms with Crippen molar-refractivity contribution < 1.29 is 14.3 Å². The fraction of sp³-hybridized carbons (Fsp3) is 0.227. The van der Waals surface area contributed by atoms with Crippen molar-refractivity contribution in [1.82, 2.24) is 9.55 Å². The number of esters is 1. The number of aromatic nitrogens is 2. The van der Waals surface area contributed by atoms with E-state index in [0.717, 1.165) is 10.8 Å². The van der Waals surface area contributed by atoms with E-state index >= 15 is 0 Å². The Hall–Kier alpha value is -3.06. The van der Waals surface area contributed by atoms with Gasteiger partial charge < -0.3 is 10.1 Å². The highest BCUT2D eigenvalue weighted by molar-refractivity contribution is 7.99. The molecule has 0 bridgehead atoms. The quantitative estimate of drug-likeness (QED) is 0.463. The van der Waals surface area contributed by atoms with Crippen molar-refractivity contribution in [2.24, 2.45) is 0 Å². The molecule has 0 atom stereocenters. The first-order chi connectivity index (χ1) is 14.0. The molecule has 3 aromatic rings. The molecule has 0 unspecified atom stereocenters. The van der Waals surface area contributed by atoms with Gasteiger partial charge in [0.2, 0.25) is 5.91 Å². The van der Waals surface area contributed by atoms with Gasteiger partial charge in [0.15, 0.2) is 5.16 Å². The van der Waals surface area contributed by atoms with E-state index in [1.54, 1.807) is 37.4 Å². The summed E-state index contributed by atoms with van der Waals surface area (Å²) in [5.41, 5.74) is 4.45. The van der Waals surface area contributed by atoms with Crippen LogP contribution in [0.1, 0.15) is 28.4 Å². The Balaban J connectivity index is 1.60. The Morgan fingerprint density at radius 2 is 1.79 bits per heavy atom. The van der Waals surface area contributed by atoms with Crippen molar-refractivity contribution in [2.45, 2.75) is 25.9 Å². The standard InChI is InChI=1S/C22H23N3O3S/c1-4-28-21(27)17-5-7-18(8-6-17)24-20(26)14-29-22-23-9-10-25(22)19-12-15(2)11-16(3)13-19/h5-13H,4,14H2,1-3H3,(H,24,26). The second-order valence-corrected chi connectivity index (χ2v) is 7.50. The zero-order chi connectivity index (χ0) is 20.8. The summed E-state index contributed by atoms with van der Waals surface area (Å²) < 4.78 is 6.93. The number of hydrogen-bond donors (Lipinski definition) is 1. The predicted octanol–water partition coefficient (Wildman–Crippen LogP) is 4.40. The molecule has 0 aliphatic heterocycles. The molecule has 29 heavy (non-hydrogen) atoms. The second kappa shape index (κ2) is 9.43. The van der Waals surface area contributed by atoms with Crippen molar-refractivity contribution in [3.05, 3.63) is 71.5 Å². The van der Waals surface area contributed by atoms with E-state index in [2.05, 4.69) is 42.3 Å². The molecule has 0 saturated heterocycles. The van der Waals surface area contributed by atoms with Gasteiger partial charge in [-0.2, -0.15) is 0 Å². The summed E-state index contributed by atoms with van der Waals surface area (Å²) in [5.74, 6) is -0.297. The number of amides is 1. The number of nitrogens with one attached hydrogen (secondary N) is 1. The fourth-order valence-corrected chi connectivity index (χ4v) is 3.69. The van der Waals surface area contributed by atoms with E-state index in [0.29, 0.717) is 17.9 Å². The van der Waals surface area contributed by atoms with Crippen LogP contribution in [-0.2, 0) is 9.53 Å². The first-order valence-electron chi connectivity index (χ1n) is 9.28. The van der Waals surface area contributed by atoms with E-state index in [-0.39, 0.29) is 17.6 Å². The molecular formula is C22H23N3O3S. The first-order valence-corrected chi connectivity index (χ1v) is 10.3. The maximum Gasteiger partial charge on any atom is 0.338 e. The highest BCUT2D eigenvalue weighted by atomic mass is 32.2. The molecule has 6 nitrogen and oxygen atoms in total. The molecule has 0 spiro atoms. The predicted molar refractivity (Wildman–Crippen MR) is 115 cm³/mol. The molecule has 150 valence electrons. The molecule has 0 saturated carbocycles. The van der Waals surface area contributed by atoms with Gasteiger partial charge in [0.25, 0.3) is 0 Å². The topological polar surface area (TPSA) is 73.2 Å². The van der Waals surface area contributed by atoms with Crippen LogP contribution < -0.4 is 5.32 Å². The molecule has 0 fully saturated rings. The molecule has 1 heterocycles. The third kappa shape index (κ3) is 5.48. The van der Waals surface area contributed by atoms with Crippen molar-refractivity contribution in [1.29, 1.82) is 0 Å². The summed E-state index contributed by atoms with van der Waals surface area (Å²) in [6, 6.07) is 12.9. The SMILES string of the molecule is CCOC(=O)c1ccc(NC(=O)CSc2nccn2-c2cc(C)cc(C)c2)cc1. The highest BCUT2D eigenvalue weighted by Gasteiger charge is 2.11. The first kappa shape index (κ1) is 20.7. The minimum Gasteiger partial charge on any atom is -0.462 e. The molecule has 3 rings (SSSR count). The molecule has 2 aromatic carbocycles. The fourth-order valence-electron chi connectivity index (χ4n) is 2.91. The number of ether oxygens (including phenoxy) is 1. The minimum absolute atomic E-state index is 0.145. The lowest BCUT2D eigenvalue weighted by Crippen LogP contribution is -2.14. The van der Waals surface area contributed by atoms with Crippen LogP contribution in [0.15, 0.2) is 60.0 Å². The maximum atomic E-state index is 12.3. The molecule has 1 aromatic heterocycles. The Bertz CT molecular complexity index is 992. The number of hydrogen-bond acceptors (Lipinski definition) is 5. The van der Waals surface area contributed by atoms with Crippen molar-refractivity contribution >= 4 is 29.3 Å². The highest BCUT2D eigenvalue weighted by Crippen LogP contribution is 2.22. The summed E-state index contributed by atoms with van der Waals surface area (Å²) in [5, 5.41) is 3.58. The smallest absolute Gasteiger partial charge is 0.338 e. The Morgan fingerprint density at radius 3 is 2.45 bits per heavy atom. The normalized spacial score (nSPS) is 10.6. The average molecular weight is 410 g/mol. The number of thioether (sulfide) groups is 1. The van der Waals surface area contributed by atoms with Gasteiger partial charge in [0, 0.05) is 23.8 Å². The van der Waals surface area contributed by atoms with Gasteiger partial charge in [-0.05, 0) is 68.3 Å². The van der Waals surface area contributed by atoms with Gasteiger partial charge in [-0.3, -0.25) is 9.36 Å². The number of carbonyl (C=O) groups is 2. The Morgan fingerprint density at radius 1 is 1.10 bits per heavy atom. The van der Waals surface area contributed by atoms with Crippen LogP contribution >= 0.6 is 11.8 Å². The lowest BCUT2D eigenvalue weighted by Gasteiger charge is -2.10. The number of rotatable bonds is 7. The minimum atomic E-state index is -0.376. The van der Waals surface area contributed by atoms with Crippen LogP contribution in [0, 0.1) is 13.8 Å². The van der Waals surface area contributed by atoms with Crippen molar-refractivity contribution in [2.75, 3.05) is 17.7 Å². The number of aryl methyl sites for hydroxylation is 2. The van der Waals surface area contributed by atoms with Crippen LogP contribution in [0.25, 0.3) is 5.69 Å². The average Bonchev–Trinajstić information content (AvgIpc) is 3.15. The third-order valence-electron chi connectivity index (χ3n) is 4.10. The second-order valence-electron chi connectivity index (χ2n) is 6.56. The van der Waals surface area contributed by atoms with E-state index in [1.165, 1.54) is 22.9 Å². The summed E-state index contributed by atoms with van der Waals surface area (Å²) in [4.78, 5) is 28.4. The summed E-state index contributed by atoms with van der Waals surface area (Å²) >= 11 is 1.37. The van der Waals surface area contributed by atoms with Crippen molar-refractivity contribution in [3.8, 4) is 5.69 Å². The van der Waals surface area contributed by atoms with Crippen LogP contribution in [0.2, 0.25) is 0 Å². The molecule has 0 aliphatic carbocycles. The zero-order valence-electron chi connectivity index (χ0n) is 16.6. The monoisotopic (exact) mass is 409 g/mol. The van der Waals surface area contributed by atoms with Gasteiger partial charge in [-0.1, -0.05) is 17.8 Å². The third-order valence-corrected chi connectivity index (χ3v) is 5.07. The number of nitrogens with zero attached hydrogens (tertiary/aromatic N) is 2. The van der Waals surface area contributed by atoms with Crippen LogP contribution in [-0.4, -0.2) is 33.8 Å². The van der Waals surface area contributed by atoms with Gasteiger partial charge in [-0.15, -0.1) is 0 Å². The lowest BCUT2D eigenvalue weighted by molar-refractivity contribution is -0.113. The van der Waals surface area contributed by atoms with Gasteiger partial charge in [0.1, 0.15) is 0 Å². The van der Waals surface area contributed by atoms with Crippen LogP contribution in [0.3, 0.4) is 0 Å². The number of imidazole rings is 1. The van der Waals surface area contributed by atoms with Gasteiger partial charge >= 0.3 is 5.97 Å². The molecule has 1 amide bonds. The molecular weight excluding hydrogens is 386 g/mol. The Kier molecular flexibility index (Phi) is 6.72. The number of carbonyl (C=O) groups excluding carboxylic acids is 2. The molecule has 0 aliphatic rings. The molecule has 1 N–H and O–H groups in total. The van der Waals surface area contributed by atoms with Crippen LogP contribution in [0.4, 0.5) is 5.69 Å². The van der Waals surface area contributed by atoms with Crippen LogP contribution in [0.5, 0.6) is 0 Å². The number of anilines is 1. The van der Waals surface area contributed by atoms with Crippen molar-refractivity contribution in [3.63, 3.8) is 0 Å². The zero-order valence-corrected chi connectivity index (χ0v) is 17.5. The van der Waals surface area contributed by atoms with E-state index in [4.69, 9.17) is 4.74 Å². The lowest BCUT2D eigenvalue weighted by atomic mass is 10.1. The van der Waals surface area contributed by atoms with E-state index in [1.807, 2.05) is 10.8 Å². The summed E-state index contributed by atoms with van der Waals surface area (Å²) in [7, 11) is 0. The van der Waals surface area contributed by atoms with E-state index < -0.39 is 0 Å². The number of benzene rings is 2. The summed E-state index contributed by atoms with van der Waals surface area (Å²) in [6.07, 6.45) is 3.62. The van der Waals surface area contributed by atoms with Gasteiger partial charge in [-0.25, -0.2) is 9.78 Å². The molecule has 0 radical (unpaired) electrons. The largest absolute Gasteiger partial charge is 0.462 e. The molecule has 7 heteroatoms. The van der Waals surface area contributed by atoms with E-state index in [9.17, 15) is 9.59 Å². The maximum absolute atomic E-state index is 12.3. The van der Waals surface area contributed by atoms with Gasteiger partial charge in [0.05, 0.1) is 17.9 Å². The summed E-state index contributed by atoms with van der Waals surface area (Å²) in [6.45, 7) is 6.20. The Labute approximate surface area is 174 Å².